The number of carbonyl (C=O) groups is 1. The van der Waals surface area contributed by atoms with Crippen molar-refractivity contribution in [3.05, 3.63) is 29.6 Å². The molecule has 0 fully saturated rings. The zero-order valence-electron chi connectivity index (χ0n) is 9.75. The summed E-state index contributed by atoms with van der Waals surface area (Å²) < 4.78 is 22.8. The molecule has 0 heterocycles. The highest BCUT2D eigenvalue weighted by Gasteiger charge is 2.01. The number of hydrogen-bond donors (Lipinski definition) is 0. The second-order valence-corrected chi connectivity index (χ2v) is 3.17. The highest BCUT2D eigenvalue weighted by atomic mass is 19.1. The van der Waals surface area contributed by atoms with Gasteiger partial charge in [-0.1, -0.05) is 18.8 Å². The first kappa shape index (κ1) is 13.0. The molecule has 90 valence electrons. The third-order valence-corrected chi connectivity index (χ3v) is 1.98. The topological polar surface area (TPSA) is 35.5 Å². The summed E-state index contributed by atoms with van der Waals surface area (Å²) in [7, 11) is 1.40. The van der Waals surface area contributed by atoms with Crippen molar-refractivity contribution in [1.29, 1.82) is 0 Å². The third-order valence-electron chi connectivity index (χ3n) is 1.98. The van der Waals surface area contributed by atoms with Gasteiger partial charge in [-0.15, -0.1) is 0 Å². The van der Waals surface area contributed by atoms with Crippen LogP contribution in [0.2, 0.25) is 0 Å². The molecule has 0 saturated heterocycles. The Balaban J connectivity index is 2.60. The minimum atomic E-state index is -0.468. The molecule has 0 unspecified atom stereocenters. The average molecular weight is 236 g/mol. The fourth-order valence-electron chi connectivity index (χ4n) is 1.10. The van der Waals surface area contributed by atoms with Gasteiger partial charge >= 0.3 is 5.97 Å². The van der Waals surface area contributed by atoms with Crippen LogP contribution < -0.4 is 4.74 Å². The van der Waals surface area contributed by atoms with E-state index >= 15 is 0 Å². The molecule has 0 atom stereocenters. The molecule has 0 saturated carbocycles. The Bertz CT molecular complexity index is 457. The molecule has 4 heteroatoms. The maximum Gasteiger partial charge on any atom is 0.306 e. The molecule has 0 spiro atoms. The van der Waals surface area contributed by atoms with Crippen LogP contribution in [0.4, 0.5) is 4.39 Å². The number of esters is 1. The van der Waals surface area contributed by atoms with E-state index in [0.29, 0.717) is 12.0 Å². The van der Waals surface area contributed by atoms with E-state index in [1.165, 1.54) is 19.2 Å². The van der Waals surface area contributed by atoms with Gasteiger partial charge < -0.3 is 9.47 Å². The molecule has 0 radical (unpaired) electrons. The average Bonchev–Trinajstić information content (AvgIpc) is 2.34. The number of rotatable bonds is 3. The first-order valence-electron chi connectivity index (χ1n) is 5.15. The quantitative estimate of drug-likeness (QED) is 0.595. The molecule has 0 bridgehead atoms. The number of benzene rings is 1. The van der Waals surface area contributed by atoms with E-state index in [2.05, 4.69) is 11.8 Å². The summed E-state index contributed by atoms with van der Waals surface area (Å²) in [5.74, 6) is 4.73. The lowest BCUT2D eigenvalue weighted by molar-refractivity contribution is -0.141. The Morgan fingerprint density at radius 3 is 2.82 bits per heavy atom. The summed E-state index contributed by atoms with van der Waals surface area (Å²) in [5, 5.41) is 0. The van der Waals surface area contributed by atoms with E-state index in [4.69, 9.17) is 9.47 Å². The van der Waals surface area contributed by atoms with Crippen LogP contribution in [0.3, 0.4) is 0 Å². The maximum absolute atomic E-state index is 13.3. The SMILES string of the molecule is CCC(=O)OCC#Cc1ccc(OC)c(F)c1. The zero-order valence-corrected chi connectivity index (χ0v) is 9.75. The number of halogens is 1. The zero-order chi connectivity index (χ0) is 12.7. The van der Waals surface area contributed by atoms with Crippen molar-refractivity contribution < 1.29 is 18.7 Å². The first-order chi connectivity index (χ1) is 8.17. The van der Waals surface area contributed by atoms with Crippen molar-refractivity contribution in [3.63, 3.8) is 0 Å². The summed E-state index contributed by atoms with van der Waals surface area (Å²) in [4.78, 5) is 10.8. The summed E-state index contributed by atoms with van der Waals surface area (Å²) in [5.41, 5.74) is 0.510. The molecule has 17 heavy (non-hydrogen) atoms. The van der Waals surface area contributed by atoms with Crippen LogP contribution in [-0.4, -0.2) is 19.7 Å². The van der Waals surface area contributed by atoms with Crippen LogP contribution in [0.1, 0.15) is 18.9 Å². The Kier molecular flexibility index (Phi) is 5.02. The molecular weight excluding hydrogens is 223 g/mol. The predicted molar refractivity (Wildman–Crippen MR) is 61.1 cm³/mol. The Labute approximate surface area is 99.5 Å². The molecular formula is C13H13FO3. The summed E-state index contributed by atoms with van der Waals surface area (Å²) >= 11 is 0. The van der Waals surface area contributed by atoms with Gasteiger partial charge in [0.2, 0.25) is 0 Å². The minimum Gasteiger partial charge on any atom is -0.494 e. The molecule has 3 nitrogen and oxygen atoms in total. The lowest BCUT2D eigenvalue weighted by Crippen LogP contribution is -2.01. The monoisotopic (exact) mass is 236 g/mol. The molecule has 0 aromatic heterocycles. The van der Waals surface area contributed by atoms with E-state index in [0.717, 1.165) is 0 Å². The van der Waals surface area contributed by atoms with E-state index < -0.39 is 5.82 Å². The van der Waals surface area contributed by atoms with E-state index in [1.807, 2.05) is 0 Å². The van der Waals surface area contributed by atoms with E-state index in [1.54, 1.807) is 13.0 Å². The highest BCUT2D eigenvalue weighted by molar-refractivity contribution is 5.69. The highest BCUT2D eigenvalue weighted by Crippen LogP contribution is 2.16. The molecule has 1 aromatic rings. The fourth-order valence-corrected chi connectivity index (χ4v) is 1.10. The predicted octanol–water partition coefficient (Wildman–Crippen LogP) is 2.14. The van der Waals surface area contributed by atoms with Crippen molar-refractivity contribution in [2.45, 2.75) is 13.3 Å². The molecule has 0 aliphatic rings. The number of ether oxygens (including phenoxy) is 2. The van der Waals surface area contributed by atoms with Crippen molar-refractivity contribution in [1.82, 2.24) is 0 Å². The van der Waals surface area contributed by atoms with E-state index in [9.17, 15) is 9.18 Å². The van der Waals surface area contributed by atoms with Gasteiger partial charge in [0, 0.05) is 12.0 Å². The Morgan fingerprint density at radius 2 is 2.24 bits per heavy atom. The van der Waals surface area contributed by atoms with Crippen molar-refractivity contribution in [2.75, 3.05) is 13.7 Å². The van der Waals surface area contributed by atoms with Gasteiger partial charge in [-0.2, -0.15) is 0 Å². The largest absolute Gasteiger partial charge is 0.494 e. The van der Waals surface area contributed by atoms with Crippen LogP contribution >= 0.6 is 0 Å². The van der Waals surface area contributed by atoms with Crippen molar-refractivity contribution >= 4 is 5.97 Å². The van der Waals surface area contributed by atoms with Crippen molar-refractivity contribution in [3.8, 4) is 17.6 Å². The summed E-state index contributed by atoms with van der Waals surface area (Å²) in [6.45, 7) is 1.72. The summed E-state index contributed by atoms with van der Waals surface area (Å²) in [6, 6.07) is 4.40. The minimum absolute atomic E-state index is 0.0142. The molecule has 1 aromatic carbocycles. The van der Waals surface area contributed by atoms with Crippen LogP contribution in [0.15, 0.2) is 18.2 Å². The maximum atomic E-state index is 13.3. The van der Waals surface area contributed by atoms with Gasteiger partial charge in [0.15, 0.2) is 18.2 Å². The number of carbonyl (C=O) groups excluding carboxylic acids is 1. The second kappa shape index (κ2) is 6.54. The molecule has 0 amide bonds. The van der Waals surface area contributed by atoms with Gasteiger partial charge in [0.25, 0.3) is 0 Å². The number of methoxy groups -OCH3 is 1. The van der Waals surface area contributed by atoms with Gasteiger partial charge in [0.05, 0.1) is 7.11 Å². The lowest BCUT2D eigenvalue weighted by atomic mass is 10.2. The first-order valence-corrected chi connectivity index (χ1v) is 5.15. The van der Waals surface area contributed by atoms with Gasteiger partial charge in [-0.3, -0.25) is 4.79 Å². The standard InChI is InChI=1S/C13H13FO3/c1-3-13(15)17-8-4-5-10-6-7-12(16-2)11(14)9-10/h6-7,9H,3,8H2,1-2H3. The van der Waals surface area contributed by atoms with Gasteiger partial charge in [0.1, 0.15) is 0 Å². The van der Waals surface area contributed by atoms with Crippen molar-refractivity contribution in [2.24, 2.45) is 0 Å². The third kappa shape index (κ3) is 4.15. The number of hydrogen-bond acceptors (Lipinski definition) is 3. The second-order valence-electron chi connectivity index (χ2n) is 3.17. The van der Waals surface area contributed by atoms with Crippen LogP contribution in [0.5, 0.6) is 5.75 Å². The normalized spacial score (nSPS) is 9.12. The Morgan fingerprint density at radius 1 is 1.47 bits per heavy atom. The van der Waals surface area contributed by atoms with Crippen LogP contribution in [-0.2, 0) is 9.53 Å². The molecule has 0 aliphatic carbocycles. The van der Waals surface area contributed by atoms with Crippen LogP contribution in [0, 0.1) is 17.7 Å². The molecule has 1 rings (SSSR count). The van der Waals surface area contributed by atoms with E-state index in [-0.39, 0.29) is 18.3 Å². The van der Waals surface area contributed by atoms with Gasteiger partial charge in [-0.05, 0) is 18.2 Å². The van der Waals surface area contributed by atoms with Gasteiger partial charge in [-0.25, -0.2) is 4.39 Å². The Hall–Kier alpha value is -2.02. The smallest absolute Gasteiger partial charge is 0.306 e. The summed E-state index contributed by atoms with van der Waals surface area (Å²) in [6.07, 6.45) is 0.318. The lowest BCUT2D eigenvalue weighted by Gasteiger charge is -2.00. The van der Waals surface area contributed by atoms with Crippen LogP contribution in [0.25, 0.3) is 0 Å². The fraction of sp³-hybridized carbons (Fsp3) is 0.308. The molecule has 0 N–H and O–H groups in total. The molecule has 0 aliphatic heterocycles.